The number of benzene rings is 1. The topological polar surface area (TPSA) is 49.4 Å². The van der Waals surface area contributed by atoms with Crippen LogP contribution in [-0.2, 0) is 16.6 Å². The van der Waals surface area contributed by atoms with Gasteiger partial charge >= 0.3 is 0 Å². The summed E-state index contributed by atoms with van der Waals surface area (Å²) in [5.74, 6) is 0. The molecule has 1 N–H and O–H groups in total. The van der Waals surface area contributed by atoms with Crippen molar-refractivity contribution in [2.45, 2.75) is 38.3 Å². The molecular weight excluding hydrogens is 272 g/mol. The van der Waals surface area contributed by atoms with Crippen molar-refractivity contribution in [3.05, 3.63) is 42.0 Å². The van der Waals surface area contributed by atoms with Gasteiger partial charge in [0.1, 0.15) is 0 Å². The van der Waals surface area contributed by atoms with E-state index in [1.165, 1.54) is 4.31 Å². The van der Waals surface area contributed by atoms with Gasteiger partial charge in [-0.15, -0.1) is 6.58 Å². The van der Waals surface area contributed by atoms with E-state index in [9.17, 15) is 8.42 Å². The summed E-state index contributed by atoms with van der Waals surface area (Å²) < 4.78 is 26.3. The van der Waals surface area contributed by atoms with Crippen LogP contribution in [0.3, 0.4) is 0 Å². The van der Waals surface area contributed by atoms with E-state index >= 15 is 0 Å². The molecule has 0 heterocycles. The molecule has 5 heteroatoms. The molecule has 0 unspecified atom stereocenters. The fourth-order valence-corrected chi connectivity index (χ4v) is 3.21. The highest BCUT2D eigenvalue weighted by Crippen LogP contribution is 2.20. The first-order valence-electron chi connectivity index (χ1n) is 6.69. The molecular formula is C15H24N2O2S. The molecule has 0 atom stereocenters. The first-order chi connectivity index (χ1) is 9.28. The van der Waals surface area contributed by atoms with Crippen molar-refractivity contribution < 1.29 is 8.42 Å². The van der Waals surface area contributed by atoms with Crippen molar-refractivity contribution in [3.63, 3.8) is 0 Å². The van der Waals surface area contributed by atoms with Crippen LogP contribution in [0.5, 0.6) is 0 Å². The maximum absolute atomic E-state index is 12.5. The van der Waals surface area contributed by atoms with Crippen molar-refractivity contribution in [3.8, 4) is 0 Å². The molecule has 0 radical (unpaired) electrons. The Kier molecular flexibility index (Phi) is 5.92. The molecule has 1 aromatic carbocycles. The van der Waals surface area contributed by atoms with E-state index in [0.717, 1.165) is 11.1 Å². The fraction of sp³-hybridized carbons (Fsp3) is 0.467. The van der Waals surface area contributed by atoms with E-state index in [2.05, 4.69) is 25.7 Å². The lowest BCUT2D eigenvalue weighted by Crippen LogP contribution is -2.28. The number of sulfonamides is 1. The number of aryl methyl sites for hydroxylation is 1. The number of hydrogen-bond donors (Lipinski definition) is 1. The molecule has 0 bridgehead atoms. The summed E-state index contributed by atoms with van der Waals surface area (Å²) in [7, 11) is -1.89. The zero-order chi connectivity index (χ0) is 15.3. The van der Waals surface area contributed by atoms with E-state index < -0.39 is 10.0 Å². The van der Waals surface area contributed by atoms with Gasteiger partial charge in [-0.05, 0) is 24.1 Å². The summed E-state index contributed by atoms with van der Waals surface area (Å²) in [6.45, 7) is 10.5. The largest absolute Gasteiger partial charge is 0.310 e. The number of hydrogen-bond acceptors (Lipinski definition) is 3. The predicted octanol–water partition coefficient (Wildman–Crippen LogP) is 2.30. The molecule has 4 nitrogen and oxygen atoms in total. The van der Waals surface area contributed by atoms with Gasteiger partial charge in [-0.1, -0.05) is 32.1 Å². The Balaban J connectivity index is 3.10. The molecule has 0 aliphatic heterocycles. The van der Waals surface area contributed by atoms with Gasteiger partial charge in [-0.3, -0.25) is 0 Å². The molecule has 0 spiro atoms. The van der Waals surface area contributed by atoms with Crippen LogP contribution >= 0.6 is 0 Å². The Morgan fingerprint density at radius 2 is 2.05 bits per heavy atom. The third kappa shape index (κ3) is 4.16. The summed E-state index contributed by atoms with van der Waals surface area (Å²) in [5.41, 5.74) is 1.73. The molecule has 0 fully saturated rings. The number of nitrogens with zero attached hydrogens (tertiary/aromatic N) is 1. The molecule has 1 rings (SSSR count). The molecule has 0 aliphatic rings. The van der Waals surface area contributed by atoms with Crippen molar-refractivity contribution >= 4 is 10.0 Å². The lowest BCUT2D eigenvalue weighted by atomic mass is 10.1. The molecule has 20 heavy (non-hydrogen) atoms. The molecule has 0 aliphatic carbocycles. The highest BCUT2D eigenvalue weighted by molar-refractivity contribution is 7.89. The second-order valence-electron chi connectivity index (χ2n) is 5.21. The Hall–Kier alpha value is -1.17. The van der Waals surface area contributed by atoms with Crippen LogP contribution in [0.1, 0.15) is 25.0 Å². The highest BCUT2D eigenvalue weighted by atomic mass is 32.2. The van der Waals surface area contributed by atoms with Crippen LogP contribution in [0.2, 0.25) is 0 Å². The van der Waals surface area contributed by atoms with Crippen LogP contribution in [-0.4, -0.2) is 32.4 Å². The minimum absolute atomic E-state index is 0.302. The van der Waals surface area contributed by atoms with Crippen molar-refractivity contribution in [2.75, 3.05) is 13.6 Å². The smallest absolute Gasteiger partial charge is 0.243 e. The van der Waals surface area contributed by atoms with Gasteiger partial charge in [0.15, 0.2) is 0 Å². The van der Waals surface area contributed by atoms with Crippen LogP contribution < -0.4 is 5.32 Å². The van der Waals surface area contributed by atoms with E-state index in [1.807, 2.05) is 19.1 Å². The lowest BCUT2D eigenvalue weighted by molar-refractivity contribution is 0.498. The first-order valence-corrected chi connectivity index (χ1v) is 8.13. The summed E-state index contributed by atoms with van der Waals surface area (Å²) in [6, 6.07) is 5.92. The van der Waals surface area contributed by atoms with Gasteiger partial charge in [0.25, 0.3) is 0 Å². The van der Waals surface area contributed by atoms with Crippen LogP contribution in [0.25, 0.3) is 0 Å². The van der Waals surface area contributed by atoms with Crippen LogP contribution in [0.15, 0.2) is 35.7 Å². The van der Waals surface area contributed by atoms with E-state index in [-0.39, 0.29) is 0 Å². The average molecular weight is 296 g/mol. The lowest BCUT2D eigenvalue weighted by Gasteiger charge is -2.18. The molecule has 112 valence electrons. The predicted molar refractivity (Wildman–Crippen MR) is 83.2 cm³/mol. The van der Waals surface area contributed by atoms with Crippen molar-refractivity contribution in [1.82, 2.24) is 9.62 Å². The number of nitrogens with one attached hydrogen (secondary N) is 1. The third-order valence-electron chi connectivity index (χ3n) is 3.04. The van der Waals surface area contributed by atoms with Crippen LogP contribution in [0, 0.1) is 6.92 Å². The fourth-order valence-electron chi connectivity index (χ4n) is 1.80. The van der Waals surface area contributed by atoms with Gasteiger partial charge in [-0.25, -0.2) is 8.42 Å². The van der Waals surface area contributed by atoms with E-state index in [1.54, 1.807) is 19.2 Å². The Morgan fingerprint density at radius 1 is 1.40 bits per heavy atom. The molecule has 0 saturated carbocycles. The Labute approximate surface area is 122 Å². The summed E-state index contributed by atoms with van der Waals surface area (Å²) in [4.78, 5) is 0.366. The molecule has 0 saturated heterocycles. The molecule has 0 aromatic heterocycles. The zero-order valence-corrected chi connectivity index (χ0v) is 13.5. The second-order valence-corrected chi connectivity index (χ2v) is 7.22. The normalized spacial score (nSPS) is 12.1. The second kappa shape index (κ2) is 7.02. The minimum atomic E-state index is -3.46. The first kappa shape index (κ1) is 16.9. The van der Waals surface area contributed by atoms with Gasteiger partial charge in [0.05, 0.1) is 4.90 Å². The SMILES string of the molecule is C=CCN(C)S(=O)(=O)c1cc(CNC(C)C)ccc1C. The maximum Gasteiger partial charge on any atom is 0.243 e. The highest BCUT2D eigenvalue weighted by Gasteiger charge is 2.22. The Bertz CT molecular complexity index is 565. The zero-order valence-electron chi connectivity index (χ0n) is 12.7. The summed E-state index contributed by atoms with van der Waals surface area (Å²) in [6.07, 6.45) is 1.58. The van der Waals surface area contributed by atoms with Crippen molar-refractivity contribution in [2.24, 2.45) is 0 Å². The van der Waals surface area contributed by atoms with E-state index in [0.29, 0.717) is 24.0 Å². The number of likely N-dealkylation sites (N-methyl/N-ethyl adjacent to an activating group) is 1. The third-order valence-corrected chi connectivity index (χ3v) is 5.01. The van der Waals surface area contributed by atoms with Crippen molar-refractivity contribution in [1.29, 1.82) is 0 Å². The van der Waals surface area contributed by atoms with E-state index in [4.69, 9.17) is 0 Å². The standard InChI is InChI=1S/C15H24N2O2S/c1-6-9-17(5)20(18,19)15-10-14(8-7-13(15)4)11-16-12(2)3/h6-8,10,12,16H,1,9,11H2,2-5H3. The van der Waals surface area contributed by atoms with Crippen LogP contribution in [0.4, 0.5) is 0 Å². The average Bonchev–Trinajstić information content (AvgIpc) is 2.37. The number of rotatable bonds is 7. The molecule has 1 aromatic rings. The summed E-state index contributed by atoms with van der Waals surface area (Å²) in [5, 5.41) is 3.29. The van der Waals surface area contributed by atoms with Gasteiger partial charge < -0.3 is 5.32 Å². The minimum Gasteiger partial charge on any atom is -0.310 e. The maximum atomic E-state index is 12.5. The van der Waals surface area contributed by atoms with Gasteiger partial charge in [-0.2, -0.15) is 4.31 Å². The van der Waals surface area contributed by atoms with Gasteiger partial charge in [0.2, 0.25) is 10.0 Å². The monoisotopic (exact) mass is 296 g/mol. The summed E-state index contributed by atoms with van der Waals surface area (Å²) >= 11 is 0. The van der Waals surface area contributed by atoms with Gasteiger partial charge in [0, 0.05) is 26.2 Å². The molecule has 0 amide bonds. The quantitative estimate of drug-likeness (QED) is 0.786. The Morgan fingerprint density at radius 3 is 2.60 bits per heavy atom.